The van der Waals surface area contributed by atoms with Crippen LogP contribution in [0.1, 0.15) is 32.3 Å². The molecule has 7 heteroatoms. The van der Waals surface area contributed by atoms with Gasteiger partial charge in [-0.15, -0.1) is 0 Å². The maximum atomic E-state index is 12.9. The Hall–Kier alpha value is -1.47. The minimum Gasteiger partial charge on any atom is -0.341 e. The largest absolute Gasteiger partial charge is 0.341 e. The molecule has 0 radical (unpaired) electrons. The Kier molecular flexibility index (Phi) is 5.75. The zero-order valence-corrected chi connectivity index (χ0v) is 14.3. The third kappa shape index (κ3) is 5.00. The molecule has 23 heavy (non-hydrogen) atoms. The number of sulfonamides is 1. The second kappa shape index (κ2) is 7.40. The summed E-state index contributed by atoms with van der Waals surface area (Å²) in [6, 6.07) is 4.54. The highest BCUT2D eigenvalue weighted by Gasteiger charge is 2.32. The van der Waals surface area contributed by atoms with E-state index in [2.05, 4.69) is 4.72 Å². The van der Waals surface area contributed by atoms with E-state index in [0.29, 0.717) is 18.7 Å². The number of halogens is 1. The number of hydrogen-bond donors (Lipinski definition) is 1. The zero-order valence-electron chi connectivity index (χ0n) is 13.5. The Morgan fingerprint density at radius 2 is 1.78 bits per heavy atom. The van der Waals surface area contributed by atoms with Crippen LogP contribution < -0.4 is 4.72 Å². The summed E-state index contributed by atoms with van der Waals surface area (Å²) in [4.78, 5) is 14.2. The summed E-state index contributed by atoms with van der Waals surface area (Å²) in [7, 11) is -3.69. The number of benzene rings is 1. The minimum absolute atomic E-state index is 0.147. The molecule has 1 aliphatic heterocycles. The first kappa shape index (κ1) is 17.9. The molecular formula is C16H23FN2O3S. The van der Waals surface area contributed by atoms with Gasteiger partial charge in [0.2, 0.25) is 15.9 Å². The molecule has 1 aromatic rings. The van der Waals surface area contributed by atoms with Crippen LogP contribution in [0.3, 0.4) is 0 Å². The van der Waals surface area contributed by atoms with Gasteiger partial charge >= 0.3 is 0 Å². The van der Waals surface area contributed by atoms with Crippen LogP contribution in [0.4, 0.5) is 4.39 Å². The fourth-order valence-corrected chi connectivity index (χ4v) is 4.12. The summed E-state index contributed by atoms with van der Waals surface area (Å²) in [6.07, 6.45) is 1.91. The van der Waals surface area contributed by atoms with Crippen LogP contribution in [0, 0.1) is 11.7 Å². The van der Waals surface area contributed by atoms with Crippen molar-refractivity contribution < 1.29 is 17.6 Å². The Morgan fingerprint density at radius 3 is 2.30 bits per heavy atom. The lowest BCUT2D eigenvalue weighted by Gasteiger charge is -2.26. The SMILES string of the molecule is CC(C)[C@@H](NS(=O)(=O)Cc1ccc(F)cc1)C(=O)N1CCCC1. The van der Waals surface area contributed by atoms with Crippen molar-refractivity contribution in [1.82, 2.24) is 9.62 Å². The predicted molar refractivity (Wildman–Crippen MR) is 86.6 cm³/mol. The molecule has 1 saturated heterocycles. The van der Waals surface area contributed by atoms with Gasteiger partial charge in [0, 0.05) is 13.1 Å². The predicted octanol–water partition coefficient (Wildman–Crippen LogP) is 1.89. The molecule has 2 rings (SSSR count). The first-order valence-electron chi connectivity index (χ1n) is 7.82. The van der Waals surface area contributed by atoms with E-state index in [-0.39, 0.29) is 17.6 Å². The van der Waals surface area contributed by atoms with Crippen LogP contribution in [0.2, 0.25) is 0 Å². The average Bonchev–Trinajstić information content (AvgIpc) is 3.00. The summed E-state index contributed by atoms with van der Waals surface area (Å²) in [6.45, 7) is 5.00. The van der Waals surface area contributed by atoms with E-state index >= 15 is 0 Å². The normalized spacial score (nSPS) is 16.8. The third-order valence-electron chi connectivity index (χ3n) is 3.93. The fourth-order valence-electron chi connectivity index (χ4n) is 2.64. The molecule has 0 saturated carbocycles. The first-order chi connectivity index (χ1) is 10.8. The number of amides is 1. The van der Waals surface area contributed by atoms with E-state index < -0.39 is 21.9 Å². The number of nitrogens with zero attached hydrogens (tertiary/aromatic N) is 1. The lowest BCUT2D eigenvalue weighted by molar-refractivity contribution is -0.132. The van der Waals surface area contributed by atoms with Gasteiger partial charge in [-0.25, -0.2) is 17.5 Å². The molecule has 0 spiro atoms. The monoisotopic (exact) mass is 342 g/mol. The van der Waals surface area contributed by atoms with Gasteiger partial charge in [0.1, 0.15) is 11.9 Å². The molecule has 5 nitrogen and oxygen atoms in total. The van der Waals surface area contributed by atoms with Crippen LogP contribution in [-0.4, -0.2) is 38.4 Å². The molecule has 1 amide bonds. The maximum absolute atomic E-state index is 12.9. The molecule has 1 atom stereocenters. The third-order valence-corrected chi connectivity index (χ3v) is 5.25. The van der Waals surface area contributed by atoms with E-state index in [0.717, 1.165) is 12.8 Å². The van der Waals surface area contributed by atoms with E-state index in [1.54, 1.807) is 4.90 Å². The number of nitrogens with one attached hydrogen (secondary N) is 1. The number of hydrogen-bond acceptors (Lipinski definition) is 3. The van der Waals surface area contributed by atoms with Gasteiger partial charge in [-0.1, -0.05) is 26.0 Å². The van der Waals surface area contributed by atoms with Gasteiger partial charge in [0.05, 0.1) is 5.75 Å². The lowest BCUT2D eigenvalue weighted by Crippen LogP contribution is -2.50. The van der Waals surface area contributed by atoms with Gasteiger partial charge in [-0.2, -0.15) is 0 Å². The van der Waals surface area contributed by atoms with Crippen molar-refractivity contribution in [2.75, 3.05) is 13.1 Å². The van der Waals surface area contributed by atoms with Crippen molar-refractivity contribution in [3.05, 3.63) is 35.6 Å². The maximum Gasteiger partial charge on any atom is 0.241 e. The number of carbonyl (C=O) groups excluding carboxylic acids is 1. The van der Waals surface area contributed by atoms with E-state index in [9.17, 15) is 17.6 Å². The molecule has 1 aromatic carbocycles. The topological polar surface area (TPSA) is 66.5 Å². The van der Waals surface area contributed by atoms with Gasteiger partial charge in [0.15, 0.2) is 0 Å². The Morgan fingerprint density at radius 1 is 1.22 bits per heavy atom. The lowest BCUT2D eigenvalue weighted by atomic mass is 10.0. The highest BCUT2D eigenvalue weighted by Crippen LogP contribution is 2.15. The van der Waals surface area contributed by atoms with Crippen LogP contribution in [-0.2, 0) is 20.6 Å². The standard InChI is InChI=1S/C16H23FN2O3S/c1-12(2)15(16(20)19-9-3-4-10-19)18-23(21,22)11-13-5-7-14(17)8-6-13/h5-8,12,15,18H,3-4,9-11H2,1-2H3/t15-/m1/s1. The van der Waals surface area contributed by atoms with Crippen LogP contribution in [0.15, 0.2) is 24.3 Å². The summed E-state index contributed by atoms with van der Waals surface area (Å²) in [5.41, 5.74) is 0.482. The van der Waals surface area contributed by atoms with E-state index in [1.807, 2.05) is 13.8 Å². The highest BCUT2D eigenvalue weighted by molar-refractivity contribution is 7.88. The second-order valence-corrected chi connectivity index (χ2v) is 8.01. The molecule has 0 aromatic heterocycles. The fraction of sp³-hybridized carbons (Fsp3) is 0.562. The van der Waals surface area contributed by atoms with E-state index in [4.69, 9.17) is 0 Å². The van der Waals surface area contributed by atoms with Crippen molar-refractivity contribution in [3.63, 3.8) is 0 Å². The minimum atomic E-state index is -3.69. The molecule has 1 fully saturated rings. The Bertz CT molecular complexity index is 638. The van der Waals surface area contributed by atoms with Crippen molar-refractivity contribution in [3.8, 4) is 0 Å². The van der Waals surface area contributed by atoms with Crippen molar-refractivity contribution >= 4 is 15.9 Å². The number of rotatable bonds is 6. The molecule has 128 valence electrons. The molecule has 0 bridgehead atoms. The highest BCUT2D eigenvalue weighted by atomic mass is 32.2. The number of likely N-dealkylation sites (tertiary alicyclic amines) is 1. The number of carbonyl (C=O) groups is 1. The second-order valence-electron chi connectivity index (χ2n) is 6.26. The summed E-state index contributed by atoms with van der Waals surface area (Å²) >= 11 is 0. The van der Waals surface area contributed by atoms with Gasteiger partial charge < -0.3 is 4.90 Å². The van der Waals surface area contributed by atoms with Crippen LogP contribution >= 0.6 is 0 Å². The van der Waals surface area contributed by atoms with Crippen molar-refractivity contribution in [2.45, 2.75) is 38.5 Å². The van der Waals surface area contributed by atoms with Gasteiger partial charge in [-0.05, 0) is 36.5 Å². The molecule has 1 aliphatic rings. The van der Waals surface area contributed by atoms with E-state index in [1.165, 1.54) is 24.3 Å². The van der Waals surface area contributed by atoms with Crippen LogP contribution in [0.25, 0.3) is 0 Å². The summed E-state index contributed by atoms with van der Waals surface area (Å²) in [5, 5.41) is 0. The quantitative estimate of drug-likeness (QED) is 0.858. The van der Waals surface area contributed by atoms with Crippen molar-refractivity contribution in [1.29, 1.82) is 0 Å². The molecule has 0 unspecified atom stereocenters. The summed E-state index contributed by atoms with van der Waals surface area (Å²) in [5.74, 6) is -1.00. The molecule has 1 N–H and O–H groups in total. The first-order valence-corrected chi connectivity index (χ1v) is 9.47. The van der Waals surface area contributed by atoms with Gasteiger partial charge in [-0.3, -0.25) is 4.79 Å². The smallest absolute Gasteiger partial charge is 0.241 e. The Labute approximate surface area is 136 Å². The summed E-state index contributed by atoms with van der Waals surface area (Å²) < 4.78 is 40.1. The average molecular weight is 342 g/mol. The van der Waals surface area contributed by atoms with Gasteiger partial charge in [0.25, 0.3) is 0 Å². The molecular weight excluding hydrogens is 319 g/mol. The molecule has 0 aliphatic carbocycles. The molecule has 1 heterocycles. The van der Waals surface area contributed by atoms with Crippen LogP contribution in [0.5, 0.6) is 0 Å². The zero-order chi connectivity index (χ0) is 17.0. The Balaban J connectivity index is 2.08. The van der Waals surface area contributed by atoms with Crippen molar-refractivity contribution in [2.24, 2.45) is 5.92 Å².